The first-order valence-electron chi connectivity index (χ1n) is 8.57. The molecule has 0 radical (unpaired) electrons. The molecule has 10 heteroatoms. The van der Waals surface area contributed by atoms with Gasteiger partial charge in [0.2, 0.25) is 0 Å². The van der Waals surface area contributed by atoms with E-state index in [-0.39, 0.29) is 16.7 Å². The fourth-order valence-electron chi connectivity index (χ4n) is 2.60. The standard InChI is InChI=1S/C18H19N5O4S/c1-9(2)14-13(17(26)27-4)19-18(28-14)20-15(24)10(3)23-16(25)11-7-5-6-8-12(11)21-22-23/h5-10H,1-4H3,(H,19,20,24). The lowest BCUT2D eigenvalue weighted by atomic mass is 10.1. The summed E-state index contributed by atoms with van der Waals surface area (Å²) in [5.41, 5.74) is 0.221. The molecule has 28 heavy (non-hydrogen) atoms. The molecule has 1 N–H and O–H groups in total. The Balaban J connectivity index is 1.88. The van der Waals surface area contributed by atoms with E-state index < -0.39 is 23.5 Å². The zero-order chi connectivity index (χ0) is 20.4. The number of anilines is 1. The summed E-state index contributed by atoms with van der Waals surface area (Å²) in [5, 5.41) is 11.1. The number of fused-ring (bicyclic) bond motifs is 1. The van der Waals surface area contributed by atoms with Gasteiger partial charge in [-0.05, 0) is 25.0 Å². The molecule has 0 aliphatic carbocycles. The van der Waals surface area contributed by atoms with Crippen LogP contribution in [0.2, 0.25) is 0 Å². The number of rotatable bonds is 5. The SMILES string of the molecule is COC(=O)c1nc(NC(=O)C(C)n2nnc3ccccc3c2=O)sc1C(C)C. The highest BCUT2D eigenvalue weighted by atomic mass is 32.1. The maximum absolute atomic E-state index is 12.6. The van der Waals surface area contributed by atoms with Gasteiger partial charge in [-0.25, -0.2) is 9.78 Å². The third-order valence-electron chi connectivity index (χ3n) is 4.12. The molecule has 0 saturated heterocycles. The number of amides is 1. The molecule has 9 nitrogen and oxygen atoms in total. The van der Waals surface area contributed by atoms with Gasteiger partial charge in [0, 0.05) is 4.88 Å². The fourth-order valence-corrected chi connectivity index (χ4v) is 3.55. The average molecular weight is 401 g/mol. The molecule has 1 aromatic carbocycles. The summed E-state index contributed by atoms with van der Waals surface area (Å²) >= 11 is 1.19. The minimum Gasteiger partial charge on any atom is -0.464 e. The zero-order valence-corrected chi connectivity index (χ0v) is 16.6. The van der Waals surface area contributed by atoms with Crippen molar-refractivity contribution in [1.82, 2.24) is 20.0 Å². The number of esters is 1. The first-order valence-corrected chi connectivity index (χ1v) is 9.39. The van der Waals surface area contributed by atoms with Gasteiger partial charge in [0.1, 0.15) is 11.6 Å². The Labute approximate surface area is 164 Å². The van der Waals surface area contributed by atoms with E-state index in [1.165, 1.54) is 18.4 Å². The molecule has 3 rings (SSSR count). The molecule has 0 bridgehead atoms. The first-order chi connectivity index (χ1) is 13.3. The van der Waals surface area contributed by atoms with Crippen molar-refractivity contribution in [2.45, 2.75) is 32.7 Å². The van der Waals surface area contributed by atoms with Crippen molar-refractivity contribution < 1.29 is 14.3 Å². The second kappa shape index (κ2) is 7.85. The lowest BCUT2D eigenvalue weighted by Crippen LogP contribution is -2.34. The lowest BCUT2D eigenvalue weighted by molar-refractivity contribution is -0.119. The smallest absolute Gasteiger partial charge is 0.357 e. The van der Waals surface area contributed by atoms with Crippen LogP contribution in [0.3, 0.4) is 0 Å². The topological polar surface area (TPSA) is 116 Å². The predicted octanol–water partition coefficient (Wildman–Crippen LogP) is 2.36. The molecule has 1 atom stereocenters. The molecule has 2 heterocycles. The van der Waals surface area contributed by atoms with E-state index in [1.54, 1.807) is 31.2 Å². The summed E-state index contributed by atoms with van der Waals surface area (Å²) in [7, 11) is 1.27. The molecule has 2 aromatic heterocycles. The number of benzene rings is 1. The minimum absolute atomic E-state index is 0.0312. The highest BCUT2D eigenvalue weighted by Gasteiger charge is 2.24. The fraction of sp³-hybridized carbons (Fsp3) is 0.333. The van der Waals surface area contributed by atoms with Crippen molar-refractivity contribution in [2.24, 2.45) is 0 Å². The summed E-state index contributed by atoms with van der Waals surface area (Å²) in [6.07, 6.45) is 0. The number of thiazole rings is 1. The van der Waals surface area contributed by atoms with Gasteiger partial charge < -0.3 is 10.1 Å². The second-order valence-corrected chi connectivity index (χ2v) is 7.43. The van der Waals surface area contributed by atoms with E-state index in [4.69, 9.17) is 4.74 Å². The Morgan fingerprint density at radius 3 is 2.61 bits per heavy atom. The van der Waals surface area contributed by atoms with Crippen molar-refractivity contribution in [3.63, 3.8) is 0 Å². The molecular weight excluding hydrogens is 382 g/mol. The van der Waals surface area contributed by atoms with Gasteiger partial charge in [-0.3, -0.25) is 9.59 Å². The van der Waals surface area contributed by atoms with Gasteiger partial charge in [0.05, 0.1) is 12.5 Å². The van der Waals surface area contributed by atoms with Gasteiger partial charge in [-0.15, -0.1) is 16.4 Å². The second-order valence-electron chi connectivity index (χ2n) is 6.40. The number of hydrogen-bond donors (Lipinski definition) is 1. The lowest BCUT2D eigenvalue weighted by Gasteiger charge is -2.12. The van der Waals surface area contributed by atoms with Crippen LogP contribution in [0.4, 0.5) is 5.13 Å². The van der Waals surface area contributed by atoms with Crippen molar-refractivity contribution in [3.8, 4) is 0 Å². The molecule has 0 aliphatic heterocycles. The van der Waals surface area contributed by atoms with Gasteiger partial charge >= 0.3 is 5.97 Å². The van der Waals surface area contributed by atoms with Crippen LogP contribution in [-0.4, -0.2) is 39.0 Å². The molecule has 1 unspecified atom stereocenters. The van der Waals surface area contributed by atoms with Crippen LogP contribution in [0.5, 0.6) is 0 Å². The van der Waals surface area contributed by atoms with E-state index >= 15 is 0 Å². The molecule has 0 spiro atoms. The van der Waals surface area contributed by atoms with Gasteiger partial charge in [0.15, 0.2) is 10.8 Å². The van der Waals surface area contributed by atoms with Gasteiger partial charge in [-0.1, -0.05) is 31.2 Å². The van der Waals surface area contributed by atoms with Crippen LogP contribution in [0.15, 0.2) is 29.1 Å². The van der Waals surface area contributed by atoms with Crippen LogP contribution in [0.1, 0.15) is 48.1 Å². The Bertz CT molecular complexity index is 1100. The Hall–Kier alpha value is -3.14. The number of carbonyl (C=O) groups excluding carboxylic acids is 2. The highest BCUT2D eigenvalue weighted by molar-refractivity contribution is 7.16. The summed E-state index contributed by atoms with van der Waals surface area (Å²) in [6, 6.07) is 5.86. The highest BCUT2D eigenvalue weighted by Crippen LogP contribution is 2.30. The average Bonchev–Trinajstić information content (AvgIpc) is 3.11. The molecule has 0 fully saturated rings. The summed E-state index contributed by atoms with van der Waals surface area (Å²) in [6.45, 7) is 5.37. The van der Waals surface area contributed by atoms with Crippen molar-refractivity contribution in [1.29, 1.82) is 0 Å². The molecule has 3 aromatic rings. The Kier molecular flexibility index (Phi) is 5.50. The third kappa shape index (κ3) is 3.63. The van der Waals surface area contributed by atoms with Crippen molar-refractivity contribution >= 4 is 39.2 Å². The number of nitrogens with zero attached hydrogens (tertiary/aromatic N) is 4. The molecule has 0 saturated carbocycles. The molecule has 146 valence electrons. The van der Waals surface area contributed by atoms with E-state index in [2.05, 4.69) is 20.6 Å². The monoisotopic (exact) mass is 401 g/mol. The zero-order valence-electron chi connectivity index (χ0n) is 15.8. The largest absolute Gasteiger partial charge is 0.464 e. The van der Waals surface area contributed by atoms with Crippen LogP contribution < -0.4 is 10.9 Å². The van der Waals surface area contributed by atoms with Gasteiger partial charge in [-0.2, -0.15) is 4.68 Å². The van der Waals surface area contributed by atoms with E-state index in [0.29, 0.717) is 15.8 Å². The number of aromatic nitrogens is 4. The van der Waals surface area contributed by atoms with Gasteiger partial charge in [0.25, 0.3) is 11.5 Å². The number of ether oxygens (including phenoxy) is 1. The number of hydrogen-bond acceptors (Lipinski definition) is 8. The van der Waals surface area contributed by atoms with Crippen LogP contribution >= 0.6 is 11.3 Å². The third-order valence-corrected chi connectivity index (χ3v) is 5.40. The number of methoxy groups -OCH3 is 1. The van der Waals surface area contributed by atoms with Crippen LogP contribution in [-0.2, 0) is 9.53 Å². The van der Waals surface area contributed by atoms with Crippen molar-refractivity contribution in [2.75, 3.05) is 12.4 Å². The summed E-state index contributed by atoms with van der Waals surface area (Å²) < 4.78 is 5.77. The Morgan fingerprint density at radius 2 is 1.93 bits per heavy atom. The molecule has 1 amide bonds. The molecular formula is C18H19N5O4S. The number of nitrogens with one attached hydrogen (secondary N) is 1. The minimum atomic E-state index is -0.919. The van der Waals surface area contributed by atoms with Crippen LogP contribution in [0, 0.1) is 0 Å². The quantitative estimate of drug-likeness (QED) is 0.652. The normalized spacial score (nSPS) is 12.2. The number of carbonyl (C=O) groups is 2. The first kappa shape index (κ1) is 19.6. The van der Waals surface area contributed by atoms with E-state index in [0.717, 1.165) is 4.68 Å². The van der Waals surface area contributed by atoms with E-state index in [1.807, 2.05) is 13.8 Å². The predicted molar refractivity (Wildman–Crippen MR) is 105 cm³/mol. The molecule has 0 aliphatic rings. The summed E-state index contributed by atoms with van der Waals surface area (Å²) in [4.78, 5) is 42.0. The summed E-state index contributed by atoms with van der Waals surface area (Å²) in [5.74, 6) is -1.03. The Morgan fingerprint density at radius 1 is 1.21 bits per heavy atom. The maximum atomic E-state index is 12.6. The van der Waals surface area contributed by atoms with Crippen LogP contribution in [0.25, 0.3) is 10.9 Å². The maximum Gasteiger partial charge on any atom is 0.357 e. The van der Waals surface area contributed by atoms with Crippen molar-refractivity contribution in [3.05, 3.63) is 45.2 Å². The van der Waals surface area contributed by atoms with E-state index in [9.17, 15) is 14.4 Å².